The lowest BCUT2D eigenvalue weighted by atomic mass is 10.3. The molecule has 1 aliphatic heterocycles. The van der Waals surface area contributed by atoms with E-state index in [4.69, 9.17) is 0 Å². The molecule has 106 valence electrons. The summed E-state index contributed by atoms with van der Waals surface area (Å²) < 4.78 is 0. The lowest BCUT2D eigenvalue weighted by Crippen LogP contribution is -2.44. The molecule has 0 aliphatic carbocycles. The van der Waals surface area contributed by atoms with Gasteiger partial charge in [-0.1, -0.05) is 6.07 Å². The summed E-state index contributed by atoms with van der Waals surface area (Å²) in [6.07, 6.45) is 1.05. The summed E-state index contributed by atoms with van der Waals surface area (Å²) >= 11 is 1.80. The average Bonchev–Trinajstić information content (AvgIpc) is 2.73. The predicted molar refractivity (Wildman–Crippen MR) is 79.5 cm³/mol. The molecule has 4 nitrogen and oxygen atoms in total. The van der Waals surface area contributed by atoms with Gasteiger partial charge >= 0.3 is 6.03 Å². The molecular formula is C14H23N3OS. The number of nitrogens with one attached hydrogen (secondary N) is 1. The molecule has 0 unspecified atom stereocenters. The number of hydrogen-bond acceptors (Lipinski definition) is 3. The molecule has 0 aromatic carbocycles. The maximum Gasteiger partial charge on any atom is 0.317 e. The van der Waals surface area contributed by atoms with E-state index >= 15 is 0 Å². The van der Waals surface area contributed by atoms with Gasteiger partial charge in [0.15, 0.2) is 0 Å². The van der Waals surface area contributed by atoms with E-state index in [-0.39, 0.29) is 12.1 Å². The van der Waals surface area contributed by atoms with Gasteiger partial charge in [0.05, 0.1) is 0 Å². The second-order valence-corrected chi connectivity index (χ2v) is 6.33. The molecule has 0 radical (unpaired) electrons. The molecule has 1 fully saturated rings. The summed E-state index contributed by atoms with van der Waals surface area (Å²) in [6.45, 7) is 8.73. The topological polar surface area (TPSA) is 35.6 Å². The van der Waals surface area contributed by atoms with E-state index in [1.54, 1.807) is 11.3 Å². The standard InChI is InChI=1S/C14H23N3OS/c1-12(2)15-14(18)17-7-4-6-16(8-9-17)11-13-5-3-10-19-13/h3,5,10,12H,4,6-9,11H2,1-2H3,(H,15,18). The van der Waals surface area contributed by atoms with Crippen LogP contribution in [0.5, 0.6) is 0 Å². The van der Waals surface area contributed by atoms with Gasteiger partial charge in [-0.15, -0.1) is 11.3 Å². The van der Waals surface area contributed by atoms with E-state index in [1.165, 1.54) is 4.88 Å². The number of amides is 2. The van der Waals surface area contributed by atoms with Gasteiger partial charge in [0.1, 0.15) is 0 Å². The number of carbonyl (C=O) groups is 1. The number of nitrogens with zero attached hydrogens (tertiary/aromatic N) is 2. The van der Waals surface area contributed by atoms with Crippen molar-refractivity contribution in [3.8, 4) is 0 Å². The van der Waals surface area contributed by atoms with Crippen LogP contribution >= 0.6 is 11.3 Å². The largest absolute Gasteiger partial charge is 0.336 e. The average molecular weight is 281 g/mol. The first-order chi connectivity index (χ1) is 9.15. The second-order valence-electron chi connectivity index (χ2n) is 5.30. The highest BCUT2D eigenvalue weighted by atomic mass is 32.1. The van der Waals surface area contributed by atoms with Crippen LogP contribution in [0.25, 0.3) is 0 Å². The van der Waals surface area contributed by atoms with Crippen LogP contribution in [0.2, 0.25) is 0 Å². The molecule has 5 heteroatoms. The van der Waals surface area contributed by atoms with Crippen LogP contribution in [0.15, 0.2) is 17.5 Å². The number of thiophene rings is 1. The third-order valence-corrected chi connectivity index (χ3v) is 4.11. The fraction of sp³-hybridized carbons (Fsp3) is 0.643. The minimum Gasteiger partial charge on any atom is -0.336 e. The molecule has 0 bridgehead atoms. The number of urea groups is 1. The Morgan fingerprint density at radius 1 is 1.37 bits per heavy atom. The van der Waals surface area contributed by atoms with Crippen molar-refractivity contribution in [2.75, 3.05) is 26.2 Å². The lowest BCUT2D eigenvalue weighted by molar-refractivity contribution is 0.195. The van der Waals surface area contributed by atoms with Gasteiger partial charge in [-0.3, -0.25) is 4.90 Å². The molecule has 1 aromatic heterocycles. The Balaban J connectivity index is 1.82. The first kappa shape index (κ1) is 14.3. The monoisotopic (exact) mass is 281 g/mol. The van der Waals surface area contributed by atoms with Crippen LogP contribution < -0.4 is 5.32 Å². The maximum absolute atomic E-state index is 12.0. The zero-order chi connectivity index (χ0) is 13.7. The van der Waals surface area contributed by atoms with Crippen LogP contribution in [0, 0.1) is 0 Å². The van der Waals surface area contributed by atoms with Crippen molar-refractivity contribution < 1.29 is 4.79 Å². The van der Waals surface area contributed by atoms with Crippen molar-refractivity contribution in [3.05, 3.63) is 22.4 Å². The normalized spacial score (nSPS) is 17.5. The highest BCUT2D eigenvalue weighted by molar-refractivity contribution is 7.09. The van der Waals surface area contributed by atoms with E-state index in [9.17, 15) is 4.79 Å². The summed E-state index contributed by atoms with van der Waals surface area (Å²) in [7, 11) is 0. The van der Waals surface area contributed by atoms with E-state index in [2.05, 4.69) is 27.7 Å². The molecule has 2 amide bonds. The predicted octanol–water partition coefficient (Wildman–Crippen LogP) is 2.37. The van der Waals surface area contributed by atoms with Crippen LogP contribution in [-0.2, 0) is 6.54 Å². The lowest BCUT2D eigenvalue weighted by Gasteiger charge is -2.23. The van der Waals surface area contributed by atoms with Crippen molar-refractivity contribution in [2.45, 2.75) is 32.9 Å². The summed E-state index contributed by atoms with van der Waals surface area (Å²) in [6, 6.07) is 4.56. The molecule has 1 aromatic rings. The number of hydrogen-bond donors (Lipinski definition) is 1. The SMILES string of the molecule is CC(C)NC(=O)N1CCCN(Cc2cccs2)CC1. The number of carbonyl (C=O) groups excluding carboxylic acids is 1. The van der Waals surface area contributed by atoms with Crippen molar-refractivity contribution in [1.29, 1.82) is 0 Å². The Bertz CT molecular complexity index is 391. The highest BCUT2D eigenvalue weighted by Crippen LogP contribution is 2.13. The number of rotatable bonds is 3. The minimum atomic E-state index is 0.0768. The molecule has 0 atom stereocenters. The molecule has 19 heavy (non-hydrogen) atoms. The maximum atomic E-state index is 12.0. The summed E-state index contributed by atoms with van der Waals surface area (Å²) in [5.74, 6) is 0. The quantitative estimate of drug-likeness (QED) is 0.923. The molecule has 0 saturated carbocycles. The van der Waals surface area contributed by atoms with Gasteiger partial charge in [-0.2, -0.15) is 0 Å². The van der Waals surface area contributed by atoms with Crippen molar-refractivity contribution >= 4 is 17.4 Å². The zero-order valence-corrected chi connectivity index (χ0v) is 12.6. The zero-order valence-electron chi connectivity index (χ0n) is 11.8. The van der Waals surface area contributed by atoms with Gasteiger partial charge in [0.25, 0.3) is 0 Å². The molecule has 1 saturated heterocycles. The Hall–Kier alpha value is -1.07. The molecule has 0 spiro atoms. The van der Waals surface area contributed by atoms with Gasteiger partial charge in [0, 0.05) is 43.6 Å². The van der Waals surface area contributed by atoms with Crippen molar-refractivity contribution in [2.24, 2.45) is 0 Å². The molecule has 2 rings (SSSR count). The smallest absolute Gasteiger partial charge is 0.317 e. The van der Waals surface area contributed by atoms with E-state index in [0.29, 0.717) is 0 Å². The van der Waals surface area contributed by atoms with Gasteiger partial charge in [-0.05, 0) is 31.7 Å². The second kappa shape index (κ2) is 6.91. The van der Waals surface area contributed by atoms with Crippen molar-refractivity contribution in [1.82, 2.24) is 15.1 Å². The first-order valence-electron chi connectivity index (χ1n) is 6.95. The minimum absolute atomic E-state index is 0.0768. The van der Waals surface area contributed by atoms with Gasteiger partial charge in [-0.25, -0.2) is 4.79 Å². The molecule has 2 heterocycles. The van der Waals surface area contributed by atoms with E-state index < -0.39 is 0 Å². The van der Waals surface area contributed by atoms with Gasteiger partial charge in [0.2, 0.25) is 0 Å². The van der Waals surface area contributed by atoms with Crippen LogP contribution in [0.1, 0.15) is 25.1 Å². The Morgan fingerprint density at radius 3 is 2.89 bits per heavy atom. The Morgan fingerprint density at radius 2 is 2.21 bits per heavy atom. The first-order valence-corrected chi connectivity index (χ1v) is 7.83. The Labute approximate surface area is 119 Å². The fourth-order valence-electron chi connectivity index (χ4n) is 2.29. The van der Waals surface area contributed by atoms with Crippen LogP contribution in [-0.4, -0.2) is 48.1 Å². The molecule has 1 N–H and O–H groups in total. The van der Waals surface area contributed by atoms with Crippen LogP contribution in [0.3, 0.4) is 0 Å². The van der Waals surface area contributed by atoms with E-state index in [0.717, 1.165) is 39.1 Å². The fourth-order valence-corrected chi connectivity index (χ4v) is 3.04. The van der Waals surface area contributed by atoms with E-state index in [1.807, 2.05) is 18.7 Å². The van der Waals surface area contributed by atoms with Crippen molar-refractivity contribution in [3.63, 3.8) is 0 Å². The third kappa shape index (κ3) is 4.51. The van der Waals surface area contributed by atoms with Crippen LogP contribution in [0.4, 0.5) is 4.79 Å². The third-order valence-electron chi connectivity index (χ3n) is 3.25. The Kier molecular flexibility index (Phi) is 5.22. The molecular weight excluding hydrogens is 258 g/mol. The molecule has 1 aliphatic rings. The summed E-state index contributed by atoms with van der Waals surface area (Å²) in [5, 5.41) is 5.09. The summed E-state index contributed by atoms with van der Waals surface area (Å²) in [4.78, 5) is 17.8. The van der Waals surface area contributed by atoms with Gasteiger partial charge < -0.3 is 10.2 Å². The summed E-state index contributed by atoms with van der Waals surface area (Å²) in [5.41, 5.74) is 0. The highest BCUT2D eigenvalue weighted by Gasteiger charge is 2.19.